The van der Waals surface area contributed by atoms with Crippen LogP contribution in [0.1, 0.15) is 21.6 Å². The summed E-state index contributed by atoms with van der Waals surface area (Å²) in [7, 11) is 0. The number of carbonyl (C=O) groups is 2. The first-order chi connectivity index (χ1) is 13.5. The second kappa shape index (κ2) is 7.05. The molecule has 0 unspecified atom stereocenters. The maximum atomic E-state index is 13.5. The summed E-state index contributed by atoms with van der Waals surface area (Å²) in [6.45, 7) is 0.479. The van der Waals surface area contributed by atoms with Crippen molar-refractivity contribution in [3.8, 4) is 0 Å². The Hall–Kier alpha value is -3.26. The van der Waals surface area contributed by atoms with Crippen LogP contribution in [0.2, 0.25) is 0 Å². The quantitative estimate of drug-likeness (QED) is 0.538. The highest BCUT2D eigenvalue weighted by atomic mass is 19.1. The third-order valence-electron chi connectivity index (χ3n) is 4.99. The molecule has 1 aliphatic heterocycles. The van der Waals surface area contributed by atoms with Crippen LogP contribution in [0.5, 0.6) is 0 Å². The van der Waals surface area contributed by atoms with Crippen molar-refractivity contribution in [2.45, 2.75) is 19.5 Å². The Kier molecular flexibility index (Phi) is 4.56. The van der Waals surface area contributed by atoms with E-state index in [1.54, 1.807) is 10.0 Å². The zero-order valence-corrected chi connectivity index (χ0v) is 14.8. The SMILES string of the molecule is O=C(Cn1c2c(c3ccccc31)CCN(C(=O)c1cc(F)cc(F)c1)C2)NO. The number of hydroxylamine groups is 1. The first-order valence-corrected chi connectivity index (χ1v) is 8.75. The fourth-order valence-electron chi connectivity index (χ4n) is 3.79. The Balaban J connectivity index is 1.73. The first-order valence-electron chi connectivity index (χ1n) is 8.75. The Labute approximate surface area is 158 Å². The molecule has 3 aromatic rings. The van der Waals surface area contributed by atoms with E-state index < -0.39 is 23.4 Å². The molecule has 144 valence electrons. The van der Waals surface area contributed by atoms with E-state index in [0.717, 1.165) is 40.4 Å². The largest absolute Gasteiger partial charge is 0.333 e. The number of benzene rings is 2. The Morgan fingerprint density at radius 1 is 1.11 bits per heavy atom. The van der Waals surface area contributed by atoms with Crippen molar-refractivity contribution in [3.05, 3.63) is 70.9 Å². The Morgan fingerprint density at radius 3 is 2.54 bits per heavy atom. The van der Waals surface area contributed by atoms with Crippen LogP contribution < -0.4 is 5.48 Å². The molecule has 2 amide bonds. The number of hydrogen-bond donors (Lipinski definition) is 2. The van der Waals surface area contributed by atoms with E-state index >= 15 is 0 Å². The van der Waals surface area contributed by atoms with Gasteiger partial charge in [-0.25, -0.2) is 14.3 Å². The van der Waals surface area contributed by atoms with Crippen LogP contribution in [0.15, 0.2) is 42.5 Å². The zero-order valence-electron chi connectivity index (χ0n) is 14.8. The number of rotatable bonds is 3. The number of halogens is 2. The molecule has 28 heavy (non-hydrogen) atoms. The van der Waals surface area contributed by atoms with Crippen LogP contribution in [-0.2, 0) is 24.3 Å². The summed E-state index contributed by atoms with van der Waals surface area (Å²) in [5.74, 6) is -2.68. The van der Waals surface area contributed by atoms with Gasteiger partial charge in [0.2, 0.25) is 0 Å². The lowest BCUT2D eigenvalue weighted by Gasteiger charge is -2.28. The second-order valence-electron chi connectivity index (χ2n) is 6.70. The number of carbonyl (C=O) groups excluding carboxylic acids is 2. The van der Waals surface area contributed by atoms with Crippen molar-refractivity contribution in [3.63, 3.8) is 0 Å². The molecular weight excluding hydrogens is 368 g/mol. The van der Waals surface area contributed by atoms with Gasteiger partial charge < -0.3 is 9.47 Å². The lowest BCUT2D eigenvalue weighted by molar-refractivity contribution is -0.129. The first kappa shape index (κ1) is 18.1. The van der Waals surface area contributed by atoms with Crippen molar-refractivity contribution >= 4 is 22.7 Å². The van der Waals surface area contributed by atoms with Gasteiger partial charge in [0.05, 0.1) is 6.54 Å². The third-order valence-corrected chi connectivity index (χ3v) is 4.99. The summed E-state index contributed by atoms with van der Waals surface area (Å²) in [6.07, 6.45) is 0.549. The van der Waals surface area contributed by atoms with Gasteiger partial charge in [0.15, 0.2) is 0 Å². The number of fused-ring (bicyclic) bond motifs is 3. The van der Waals surface area contributed by atoms with Crippen molar-refractivity contribution in [2.75, 3.05) is 6.54 Å². The number of para-hydroxylation sites is 1. The molecule has 0 atom stereocenters. The van der Waals surface area contributed by atoms with Crippen LogP contribution in [0.4, 0.5) is 8.78 Å². The van der Waals surface area contributed by atoms with Gasteiger partial charge in [-0.3, -0.25) is 14.8 Å². The topological polar surface area (TPSA) is 74.6 Å². The molecule has 2 heterocycles. The number of aromatic nitrogens is 1. The van der Waals surface area contributed by atoms with E-state index in [-0.39, 0.29) is 18.7 Å². The summed E-state index contributed by atoms with van der Waals surface area (Å²) in [5.41, 5.74) is 4.18. The minimum absolute atomic E-state index is 0.0586. The van der Waals surface area contributed by atoms with E-state index in [1.165, 1.54) is 4.90 Å². The molecule has 6 nitrogen and oxygen atoms in total. The second-order valence-corrected chi connectivity index (χ2v) is 6.70. The van der Waals surface area contributed by atoms with Gasteiger partial charge in [-0.1, -0.05) is 18.2 Å². The van der Waals surface area contributed by atoms with Gasteiger partial charge in [-0.15, -0.1) is 0 Å². The molecule has 2 aromatic carbocycles. The van der Waals surface area contributed by atoms with Gasteiger partial charge >= 0.3 is 0 Å². The summed E-state index contributed by atoms with van der Waals surface area (Å²) >= 11 is 0. The highest BCUT2D eigenvalue weighted by molar-refractivity contribution is 5.95. The van der Waals surface area contributed by atoms with E-state index in [4.69, 9.17) is 5.21 Å². The molecule has 0 fully saturated rings. The summed E-state index contributed by atoms with van der Waals surface area (Å²) in [6, 6.07) is 10.3. The lowest BCUT2D eigenvalue weighted by Crippen LogP contribution is -2.37. The van der Waals surface area contributed by atoms with E-state index in [2.05, 4.69) is 0 Å². The molecule has 1 aromatic heterocycles. The van der Waals surface area contributed by atoms with Gasteiger partial charge in [0, 0.05) is 34.8 Å². The molecule has 0 saturated heterocycles. The van der Waals surface area contributed by atoms with Gasteiger partial charge in [-0.05, 0) is 30.2 Å². The molecule has 0 bridgehead atoms. The smallest absolute Gasteiger partial charge is 0.263 e. The van der Waals surface area contributed by atoms with E-state index in [1.807, 2.05) is 24.3 Å². The molecular formula is C20H17F2N3O3. The maximum Gasteiger partial charge on any atom is 0.263 e. The fraction of sp³-hybridized carbons (Fsp3) is 0.200. The molecule has 0 saturated carbocycles. The number of nitrogens with zero attached hydrogens (tertiary/aromatic N) is 2. The van der Waals surface area contributed by atoms with Gasteiger partial charge in [0.1, 0.15) is 18.2 Å². The summed E-state index contributed by atoms with van der Waals surface area (Å²) in [4.78, 5) is 26.1. The molecule has 0 aliphatic carbocycles. The monoisotopic (exact) mass is 385 g/mol. The minimum Gasteiger partial charge on any atom is -0.333 e. The van der Waals surface area contributed by atoms with Crippen molar-refractivity contribution < 1.29 is 23.6 Å². The van der Waals surface area contributed by atoms with E-state index in [9.17, 15) is 18.4 Å². The standard InChI is InChI=1S/C20H17F2N3O3/c21-13-7-12(8-14(22)9-13)20(27)24-6-5-16-15-3-1-2-4-17(15)25(18(16)10-24)11-19(26)23-28/h1-4,7-9,28H,5-6,10-11H2,(H,23,26). The average molecular weight is 385 g/mol. The van der Waals surface area contributed by atoms with Crippen LogP contribution >= 0.6 is 0 Å². The van der Waals surface area contributed by atoms with Gasteiger partial charge in [0.25, 0.3) is 11.8 Å². The Bertz CT molecular complexity index is 1070. The highest BCUT2D eigenvalue weighted by Gasteiger charge is 2.28. The lowest BCUT2D eigenvalue weighted by atomic mass is 10.0. The third kappa shape index (κ3) is 3.11. The molecule has 0 radical (unpaired) electrons. The maximum absolute atomic E-state index is 13.5. The molecule has 0 spiro atoms. The van der Waals surface area contributed by atoms with Crippen LogP contribution in [0.3, 0.4) is 0 Å². The summed E-state index contributed by atoms with van der Waals surface area (Å²) in [5, 5.41) is 9.88. The van der Waals surface area contributed by atoms with Crippen LogP contribution in [0.25, 0.3) is 10.9 Å². The summed E-state index contributed by atoms with van der Waals surface area (Å²) < 4.78 is 28.7. The highest BCUT2D eigenvalue weighted by Crippen LogP contribution is 2.31. The zero-order chi connectivity index (χ0) is 19.8. The predicted molar refractivity (Wildman–Crippen MR) is 96.7 cm³/mol. The number of amides is 2. The number of hydrogen-bond acceptors (Lipinski definition) is 3. The van der Waals surface area contributed by atoms with Crippen molar-refractivity contribution in [2.24, 2.45) is 0 Å². The molecule has 2 N–H and O–H groups in total. The van der Waals surface area contributed by atoms with Crippen molar-refractivity contribution in [1.29, 1.82) is 0 Å². The Morgan fingerprint density at radius 2 is 1.82 bits per heavy atom. The van der Waals surface area contributed by atoms with Gasteiger partial charge in [-0.2, -0.15) is 0 Å². The van der Waals surface area contributed by atoms with Crippen molar-refractivity contribution in [1.82, 2.24) is 14.9 Å². The van der Waals surface area contributed by atoms with E-state index in [0.29, 0.717) is 13.0 Å². The molecule has 4 rings (SSSR count). The van der Waals surface area contributed by atoms with Crippen LogP contribution in [-0.4, -0.2) is 33.0 Å². The minimum atomic E-state index is -0.810. The normalized spacial score (nSPS) is 13.5. The fourth-order valence-corrected chi connectivity index (χ4v) is 3.79. The molecule has 8 heteroatoms. The predicted octanol–water partition coefficient (Wildman–Crippen LogP) is 2.62. The van der Waals surface area contributed by atoms with Crippen LogP contribution in [0, 0.1) is 11.6 Å². The molecule has 1 aliphatic rings. The number of nitrogens with one attached hydrogen (secondary N) is 1. The average Bonchev–Trinajstić information content (AvgIpc) is 3.00.